The van der Waals surface area contributed by atoms with Crippen molar-refractivity contribution in [3.63, 3.8) is 0 Å². The van der Waals surface area contributed by atoms with Crippen molar-refractivity contribution in [1.29, 1.82) is 0 Å². The van der Waals surface area contributed by atoms with Crippen molar-refractivity contribution in [1.82, 2.24) is 19.2 Å². The monoisotopic (exact) mass is 498 g/mol. The molecule has 0 saturated carbocycles. The Morgan fingerprint density at radius 3 is 2.23 bits per heavy atom. The summed E-state index contributed by atoms with van der Waals surface area (Å²) in [5.41, 5.74) is 0.771. The number of hydrogen-bond donors (Lipinski definition) is 1. The van der Waals surface area contributed by atoms with Gasteiger partial charge in [-0.2, -0.15) is 4.31 Å². The van der Waals surface area contributed by atoms with Gasteiger partial charge in [-0.05, 0) is 42.7 Å². The Balaban J connectivity index is 1.51. The molecule has 0 radical (unpaired) electrons. The van der Waals surface area contributed by atoms with Crippen LogP contribution in [0.15, 0.2) is 65.8 Å². The third kappa shape index (κ3) is 5.33. The fourth-order valence-electron chi connectivity index (χ4n) is 4.31. The molecule has 10 heteroatoms. The van der Waals surface area contributed by atoms with E-state index in [9.17, 15) is 13.2 Å². The Kier molecular flexibility index (Phi) is 7.42. The zero-order valence-corrected chi connectivity index (χ0v) is 20.9. The molecule has 1 saturated heterocycles. The number of piperidine rings is 1. The first kappa shape index (κ1) is 24.7. The topological polar surface area (TPSA) is 103 Å². The van der Waals surface area contributed by atoms with Crippen molar-refractivity contribution in [2.45, 2.75) is 23.8 Å². The molecule has 3 aromatic rings. The summed E-state index contributed by atoms with van der Waals surface area (Å²) >= 11 is 0. The molecule has 0 aliphatic carbocycles. The van der Waals surface area contributed by atoms with Gasteiger partial charge in [-0.3, -0.25) is 4.79 Å². The first-order valence-corrected chi connectivity index (χ1v) is 12.8. The molecule has 1 aliphatic rings. The molecule has 1 N–H and O–H groups in total. The summed E-state index contributed by atoms with van der Waals surface area (Å²) in [6, 6.07) is 13.3. The lowest BCUT2D eigenvalue weighted by Crippen LogP contribution is -2.44. The highest BCUT2D eigenvalue weighted by atomic mass is 32.2. The summed E-state index contributed by atoms with van der Waals surface area (Å²) < 4.78 is 40.0. The van der Waals surface area contributed by atoms with Crippen LogP contribution in [0.5, 0.6) is 11.5 Å². The van der Waals surface area contributed by atoms with Crippen LogP contribution in [-0.2, 0) is 21.9 Å². The van der Waals surface area contributed by atoms with Crippen molar-refractivity contribution >= 4 is 15.9 Å². The third-order valence-electron chi connectivity index (χ3n) is 6.32. The van der Waals surface area contributed by atoms with Crippen LogP contribution in [0, 0.1) is 5.92 Å². The summed E-state index contributed by atoms with van der Waals surface area (Å²) in [5.74, 6) is 1.42. The van der Waals surface area contributed by atoms with Crippen molar-refractivity contribution in [3.8, 4) is 11.5 Å². The molecule has 1 amide bonds. The van der Waals surface area contributed by atoms with Crippen LogP contribution in [0.25, 0.3) is 0 Å². The summed E-state index contributed by atoms with van der Waals surface area (Å²) in [5, 5.41) is 3.13. The standard InChI is InChI=1S/C25H30N4O5S/c1-28-14-11-26-24(28)23(19-15-20(33-2)17-21(16-19)34-3)27-25(30)18-9-12-29(13-10-18)35(31,32)22-7-5-4-6-8-22/h4-8,11,14-18,23H,9-10,12-13H2,1-3H3,(H,27,30). The van der Waals surface area contributed by atoms with Crippen LogP contribution >= 0.6 is 0 Å². The average molecular weight is 499 g/mol. The second-order valence-corrected chi connectivity index (χ2v) is 10.4. The van der Waals surface area contributed by atoms with Crippen LogP contribution in [-0.4, -0.2) is 55.5 Å². The Bertz CT molecular complexity index is 1250. The Hall–Kier alpha value is -3.37. The molecule has 1 atom stereocenters. The van der Waals surface area contributed by atoms with Crippen molar-refractivity contribution in [2.75, 3.05) is 27.3 Å². The Morgan fingerprint density at radius 2 is 1.69 bits per heavy atom. The smallest absolute Gasteiger partial charge is 0.243 e. The van der Waals surface area contributed by atoms with E-state index in [4.69, 9.17) is 9.47 Å². The van der Waals surface area contributed by atoms with Gasteiger partial charge in [0.05, 0.1) is 19.1 Å². The maximum absolute atomic E-state index is 13.3. The lowest BCUT2D eigenvalue weighted by Gasteiger charge is -2.31. The molecular weight excluding hydrogens is 468 g/mol. The van der Waals surface area contributed by atoms with Gasteiger partial charge in [-0.25, -0.2) is 13.4 Å². The van der Waals surface area contributed by atoms with E-state index < -0.39 is 16.1 Å². The highest BCUT2D eigenvalue weighted by Gasteiger charge is 2.33. The molecule has 2 aromatic carbocycles. The van der Waals surface area contributed by atoms with Crippen LogP contribution in [0.1, 0.15) is 30.3 Å². The number of methoxy groups -OCH3 is 2. The van der Waals surface area contributed by atoms with Crippen molar-refractivity contribution in [3.05, 3.63) is 72.3 Å². The van der Waals surface area contributed by atoms with E-state index in [2.05, 4.69) is 10.3 Å². The number of ether oxygens (including phenoxy) is 2. The first-order chi connectivity index (χ1) is 16.8. The predicted molar refractivity (Wildman–Crippen MR) is 131 cm³/mol. The average Bonchev–Trinajstić information content (AvgIpc) is 3.32. The second kappa shape index (κ2) is 10.5. The minimum Gasteiger partial charge on any atom is -0.497 e. The van der Waals surface area contributed by atoms with E-state index in [1.807, 2.05) is 29.9 Å². The van der Waals surface area contributed by atoms with Gasteiger partial charge in [-0.1, -0.05) is 18.2 Å². The third-order valence-corrected chi connectivity index (χ3v) is 8.23. The number of aromatic nitrogens is 2. The van der Waals surface area contributed by atoms with Gasteiger partial charge < -0.3 is 19.4 Å². The minimum atomic E-state index is -3.57. The molecule has 1 aromatic heterocycles. The number of imidazole rings is 1. The van der Waals surface area contributed by atoms with Gasteiger partial charge in [0.25, 0.3) is 0 Å². The fraction of sp³-hybridized carbons (Fsp3) is 0.360. The fourth-order valence-corrected chi connectivity index (χ4v) is 5.80. The lowest BCUT2D eigenvalue weighted by atomic mass is 9.96. The lowest BCUT2D eigenvalue weighted by molar-refractivity contribution is -0.126. The molecule has 0 bridgehead atoms. The van der Waals surface area contributed by atoms with E-state index in [-0.39, 0.29) is 29.8 Å². The molecule has 186 valence electrons. The maximum atomic E-state index is 13.3. The van der Waals surface area contributed by atoms with Gasteiger partial charge >= 0.3 is 0 Å². The summed E-state index contributed by atoms with van der Waals surface area (Å²) in [6.07, 6.45) is 4.37. The van der Waals surface area contributed by atoms with Crippen LogP contribution < -0.4 is 14.8 Å². The van der Waals surface area contributed by atoms with E-state index in [1.54, 1.807) is 56.8 Å². The zero-order chi connectivity index (χ0) is 25.0. The van der Waals surface area contributed by atoms with Gasteiger partial charge in [0.2, 0.25) is 15.9 Å². The van der Waals surface area contributed by atoms with E-state index in [1.165, 1.54) is 4.31 Å². The molecule has 0 spiro atoms. The summed E-state index contributed by atoms with van der Waals surface area (Å²) in [4.78, 5) is 18.1. The van der Waals surface area contributed by atoms with Crippen LogP contribution in [0.2, 0.25) is 0 Å². The molecule has 1 aliphatic heterocycles. The van der Waals surface area contributed by atoms with Crippen molar-refractivity contribution in [2.24, 2.45) is 13.0 Å². The normalized spacial score (nSPS) is 16.0. The molecular formula is C25H30N4O5S. The number of benzene rings is 2. The molecule has 35 heavy (non-hydrogen) atoms. The summed E-state index contributed by atoms with van der Waals surface area (Å²) in [7, 11) is 1.44. The highest BCUT2D eigenvalue weighted by molar-refractivity contribution is 7.89. The maximum Gasteiger partial charge on any atom is 0.243 e. The number of nitrogens with one attached hydrogen (secondary N) is 1. The SMILES string of the molecule is COc1cc(OC)cc(C(NC(=O)C2CCN(S(=O)(=O)c3ccccc3)CC2)c2nccn2C)c1. The largest absolute Gasteiger partial charge is 0.497 e. The second-order valence-electron chi connectivity index (χ2n) is 8.48. The quantitative estimate of drug-likeness (QED) is 0.512. The number of rotatable bonds is 8. The zero-order valence-electron chi connectivity index (χ0n) is 20.0. The minimum absolute atomic E-state index is 0.142. The van der Waals surface area contributed by atoms with E-state index in [0.717, 1.165) is 5.56 Å². The first-order valence-electron chi connectivity index (χ1n) is 11.4. The summed E-state index contributed by atoms with van der Waals surface area (Å²) in [6.45, 7) is 0.574. The number of amides is 1. The predicted octanol–water partition coefficient (Wildman–Crippen LogP) is 2.74. The number of hydrogen-bond acceptors (Lipinski definition) is 6. The molecule has 2 heterocycles. The van der Waals surface area contributed by atoms with Crippen LogP contribution in [0.4, 0.5) is 0 Å². The number of sulfonamides is 1. The van der Waals surface area contributed by atoms with Gasteiger partial charge in [0, 0.05) is 44.5 Å². The van der Waals surface area contributed by atoms with Crippen molar-refractivity contribution < 1.29 is 22.7 Å². The van der Waals surface area contributed by atoms with Crippen LogP contribution in [0.3, 0.4) is 0 Å². The molecule has 1 fully saturated rings. The van der Waals surface area contributed by atoms with E-state index in [0.29, 0.717) is 30.2 Å². The van der Waals surface area contributed by atoms with Gasteiger partial charge in [0.1, 0.15) is 23.4 Å². The van der Waals surface area contributed by atoms with Gasteiger partial charge in [0.15, 0.2) is 0 Å². The number of aryl methyl sites for hydroxylation is 1. The number of nitrogens with zero attached hydrogens (tertiary/aromatic N) is 3. The number of carbonyl (C=O) groups is 1. The van der Waals surface area contributed by atoms with Gasteiger partial charge in [-0.15, -0.1) is 0 Å². The highest BCUT2D eigenvalue weighted by Crippen LogP contribution is 2.31. The molecule has 1 unspecified atom stereocenters. The van der Waals surface area contributed by atoms with E-state index >= 15 is 0 Å². The number of carbonyl (C=O) groups excluding carboxylic acids is 1. The molecule has 9 nitrogen and oxygen atoms in total. The Morgan fingerprint density at radius 1 is 1.06 bits per heavy atom. The Labute approximate surface area is 205 Å². The molecule has 4 rings (SSSR count).